The maximum atomic E-state index is 12.3. The van der Waals surface area contributed by atoms with Crippen molar-refractivity contribution in [2.75, 3.05) is 20.7 Å². The van der Waals surface area contributed by atoms with Crippen LogP contribution in [0.1, 0.15) is 24.1 Å². The standard InChI is InChI=1S/C19H23ClN2O2/c1-14(15-7-5-4-6-8-15)21-19(23)13-22(2)12-16-11-17(20)9-10-18(16)24-3/h4-11,14H,12-13H2,1-3H3,(H,21,23)/p+1/t14-/m0/s1. The highest BCUT2D eigenvalue weighted by Gasteiger charge is 2.16. The number of quaternary nitrogens is 1. The smallest absolute Gasteiger partial charge is 0.275 e. The van der Waals surface area contributed by atoms with Gasteiger partial charge in [-0.15, -0.1) is 0 Å². The number of ether oxygens (including phenoxy) is 1. The summed E-state index contributed by atoms with van der Waals surface area (Å²) in [5.74, 6) is 0.807. The van der Waals surface area contributed by atoms with Crippen molar-refractivity contribution in [2.45, 2.75) is 19.5 Å². The van der Waals surface area contributed by atoms with Crippen molar-refractivity contribution < 1.29 is 14.4 Å². The van der Waals surface area contributed by atoms with Crippen molar-refractivity contribution in [2.24, 2.45) is 0 Å². The summed E-state index contributed by atoms with van der Waals surface area (Å²) in [5.41, 5.74) is 2.09. The maximum absolute atomic E-state index is 12.3. The van der Waals surface area contributed by atoms with Gasteiger partial charge in [-0.2, -0.15) is 0 Å². The highest BCUT2D eigenvalue weighted by molar-refractivity contribution is 6.30. The zero-order valence-electron chi connectivity index (χ0n) is 14.3. The molecular formula is C19H24ClN2O2+. The van der Waals surface area contributed by atoms with E-state index in [1.807, 2.05) is 56.4 Å². The van der Waals surface area contributed by atoms with Gasteiger partial charge in [-0.25, -0.2) is 0 Å². The Bertz CT molecular complexity index is 676. The van der Waals surface area contributed by atoms with Crippen LogP contribution >= 0.6 is 11.6 Å². The van der Waals surface area contributed by atoms with Crippen LogP contribution < -0.4 is 15.0 Å². The molecule has 0 aliphatic rings. The van der Waals surface area contributed by atoms with E-state index in [4.69, 9.17) is 16.3 Å². The van der Waals surface area contributed by atoms with Gasteiger partial charge >= 0.3 is 0 Å². The molecule has 0 aliphatic carbocycles. The molecule has 0 bridgehead atoms. The molecule has 2 atom stereocenters. The third-order valence-corrected chi connectivity index (χ3v) is 4.11. The molecule has 0 radical (unpaired) electrons. The molecule has 2 rings (SSSR count). The van der Waals surface area contributed by atoms with Crippen molar-refractivity contribution in [1.29, 1.82) is 0 Å². The molecule has 0 spiro atoms. The van der Waals surface area contributed by atoms with E-state index in [2.05, 4.69) is 5.32 Å². The Labute approximate surface area is 148 Å². The van der Waals surface area contributed by atoms with Gasteiger partial charge in [0.2, 0.25) is 0 Å². The molecule has 0 saturated heterocycles. The molecule has 1 unspecified atom stereocenters. The van der Waals surface area contributed by atoms with Gasteiger partial charge in [-0.1, -0.05) is 41.9 Å². The van der Waals surface area contributed by atoms with Gasteiger partial charge in [0.05, 0.1) is 20.2 Å². The zero-order valence-corrected chi connectivity index (χ0v) is 15.1. The van der Waals surface area contributed by atoms with Crippen molar-refractivity contribution in [1.82, 2.24) is 5.32 Å². The number of hydrogen-bond acceptors (Lipinski definition) is 2. The third-order valence-electron chi connectivity index (χ3n) is 3.87. The molecule has 2 aromatic rings. The van der Waals surface area contributed by atoms with Crippen molar-refractivity contribution >= 4 is 17.5 Å². The van der Waals surface area contributed by atoms with Gasteiger partial charge in [0.1, 0.15) is 12.3 Å². The minimum Gasteiger partial charge on any atom is -0.496 e. The Hall–Kier alpha value is -2.04. The van der Waals surface area contributed by atoms with Crippen molar-refractivity contribution in [3.8, 4) is 5.75 Å². The molecule has 2 aromatic carbocycles. The van der Waals surface area contributed by atoms with Crippen LogP contribution in [0.25, 0.3) is 0 Å². The Morgan fingerprint density at radius 2 is 1.96 bits per heavy atom. The number of hydrogen-bond donors (Lipinski definition) is 2. The fraction of sp³-hybridized carbons (Fsp3) is 0.316. The second kappa shape index (κ2) is 8.71. The number of likely N-dealkylation sites (N-methyl/N-ethyl adjacent to an activating group) is 1. The Kier molecular flexibility index (Phi) is 6.64. The fourth-order valence-electron chi connectivity index (χ4n) is 2.66. The lowest BCUT2D eigenvalue weighted by Gasteiger charge is -2.18. The zero-order chi connectivity index (χ0) is 17.5. The summed E-state index contributed by atoms with van der Waals surface area (Å²) in [6, 6.07) is 15.5. The number of nitrogens with one attached hydrogen (secondary N) is 2. The van der Waals surface area contributed by atoms with Crippen LogP contribution in [0, 0.1) is 0 Å². The number of halogens is 1. The maximum Gasteiger partial charge on any atom is 0.275 e. The molecule has 0 aliphatic heterocycles. The summed E-state index contributed by atoms with van der Waals surface area (Å²) in [4.78, 5) is 13.3. The Morgan fingerprint density at radius 1 is 1.25 bits per heavy atom. The first-order valence-corrected chi connectivity index (χ1v) is 8.35. The first-order valence-electron chi connectivity index (χ1n) is 7.97. The van der Waals surface area contributed by atoms with E-state index in [1.54, 1.807) is 13.2 Å². The minimum absolute atomic E-state index is 0.00722. The van der Waals surface area contributed by atoms with Crippen LogP contribution in [0.3, 0.4) is 0 Å². The number of rotatable bonds is 7. The number of methoxy groups -OCH3 is 1. The van der Waals surface area contributed by atoms with Gasteiger partial charge in [0.25, 0.3) is 5.91 Å². The van der Waals surface area contributed by atoms with E-state index in [9.17, 15) is 4.79 Å². The molecule has 4 nitrogen and oxygen atoms in total. The van der Waals surface area contributed by atoms with Crippen LogP contribution in [0.15, 0.2) is 48.5 Å². The van der Waals surface area contributed by atoms with Gasteiger partial charge < -0.3 is 15.0 Å². The van der Waals surface area contributed by atoms with E-state index in [1.165, 1.54) is 0 Å². The van der Waals surface area contributed by atoms with E-state index in [-0.39, 0.29) is 11.9 Å². The number of amides is 1. The molecule has 0 heterocycles. The largest absolute Gasteiger partial charge is 0.496 e. The Balaban J connectivity index is 1.91. The van der Waals surface area contributed by atoms with Crippen LogP contribution in [-0.4, -0.2) is 26.6 Å². The van der Waals surface area contributed by atoms with Gasteiger partial charge in [-0.3, -0.25) is 4.79 Å². The lowest BCUT2D eigenvalue weighted by atomic mass is 10.1. The van der Waals surface area contributed by atoms with Crippen LogP contribution in [0.5, 0.6) is 5.75 Å². The summed E-state index contributed by atoms with van der Waals surface area (Å²) < 4.78 is 5.36. The molecule has 5 heteroatoms. The molecule has 0 aromatic heterocycles. The molecule has 2 N–H and O–H groups in total. The van der Waals surface area contributed by atoms with Gasteiger partial charge in [0.15, 0.2) is 6.54 Å². The average Bonchev–Trinajstić information content (AvgIpc) is 2.55. The van der Waals surface area contributed by atoms with Crippen molar-refractivity contribution in [3.05, 3.63) is 64.7 Å². The van der Waals surface area contributed by atoms with Crippen LogP contribution in [0.4, 0.5) is 0 Å². The number of carbonyl (C=O) groups is 1. The topological polar surface area (TPSA) is 42.8 Å². The summed E-state index contributed by atoms with van der Waals surface area (Å²) in [6.07, 6.45) is 0. The summed E-state index contributed by atoms with van der Waals surface area (Å²) >= 11 is 6.06. The Morgan fingerprint density at radius 3 is 2.62 bits per heavy atom. The third kappa shape index (κ3) is 5.25. The van der Waals surface area contributed by atoms with Crippen LogP contribution in [-0.2, 0) is 11.3 Å². The quantitative estimate of drug-likeness (QED) is 0.806. The average molecular weight is 348 g/mol. The monoisotopic (exact) mass is 347 g/mol. The molecule has 1 amide bonds. The van der Waals surface area contributed by atoms with E-state index in [0.717, 1.165) is 21.8 Å². The highest BCUT2D eigenvalue weighted by atomic mass is 35.5. The molecule has 0 saturated carbocycles. The first kappa shape index (κ1) is 18.3. The second-order valence-electron chi connectivity index (χ2n) is 5.97. The lowest BCUT2D eigenvalue weighted by Crippen LogP contribution is -3.08. The number of benzene rings is 2. The summed E-state index contributed by atoms with van der Waals surface area (Å²) in [6.45, 7) is 3.03. The first-order chi connectivity index (χ1) is 11.5. The second-order valence-corrected chi connectivity index (χ2v) is 6.40. The van der Waals surface area contributed by atoms with Crippen molar-refractivity contribution in [3.63, 3.8) is 0 Å². The predicted molar refractivity (Wildman–Crippen MR) is 96.5 cm³/mol. The van der Waals surface area contributed by atoms with Gasteiger partial charge in [0, 0.05) is 10.6 Å². The highest BCUT2D eigenvalue weighted by Crippen LogP contribution is 2.21. The van der Waals surface area contributed by atoms with E-state index in [0.29, 0.717) is 18.1 Å². The molecule has 0 fully saturated rings. The SMILES string of the molecule is COc1ccc(Cl)cc1C[NH+](C)CC(=O)N[C@@H](C)c1ccccc1. The predicted octanol–water partition coefficient (Wildman–Crippen LogP) is 2.24. The fourth-order valence-corrected chi connectivity index (χ4v) is 2.86. The minimum atomic E-state index is -0.00722. The van der Waals surface area contributed by atoms with Crippen LogP contribution in [0.2, 0.25) is 5.02 Å². The molecule has 128 valence electrons. The summed E-state index contributed by atoms with van der Waals surface area (Å²) in [5, 5.41) is 3.70. The van der Waals surface area contributed by atoms with E-state index < -0.39 is 0 Å². The molecular weight excluding hydrogens is 324 g/mol. The van der Waals surface area contributed by atoms with E-state index >= 15 is 0 Å². The normalized spacial score (nSPS) is 13.2. The lowest BCUT2D eigenvalue weighted by molar-refractivity contribution is -0.885. The number of carbonyl (C=O) groups excluding carboxylic acids is 1. The molecule has 24 heavy (non-hydrogen) atoms. The summed E-state index contributed by atoms with van der Waals surface area (Å²) in [7, 11) is 3.61. The van der Waals surface area contributed by atoms with Gasteiger partial charge in [-0.05, 0) is 30.7 Å².